The zero-order chi connectivity index (χ0) is 29.0. The first kappa shape index (κ1) is 30.6. The average molecular weight is 564 g/mol. The van der Waals surface area contributed by atoms with E-state index in [1.807, 2.05) is 24.3 Å². The van der Waals surface area contributed by atoms with Gasteiger partial charge in [0.15, 0.2) is 5.78 Å². The summed E-state index contributed by atoms with van der Waals surface area (Å²) >= 11 is 0. The molecule has 1 saturated carbocycles. The van der Waals surface area contributed by atoms with Crippen LogP contribution in [-0.2, 0) is 39.9 Å². The summed E-state index contributed by atoms with van der Waals surface area (Å²) in [4.78, 5) is 38.4. The molecule has 2 aromatic carbocycles. The minimum absolute atomic E-state index is 0.0865. The van der Waals surface area contributed by atoms with Crippen LogP contribution in [-0.4, -0.2) is 67.4 Å². The Hall–Kier alpha value is -3.33. The zero-order valence-electron chi connectivity index (χ0n) is 24.0. The molecule has 4 atom stereocenters. The monoisotopic (exact) mass is 563 g/mol. The molecule has 0 aromatic heterocycles. The van der Waals surface area contributed by atoms with Crippen molar-refractivity contribution in [3.8, 4) is 11.1 Å². The van der Waals surface area contributed by atoms with Gasteiger partial charge in [-0.3, -0.25) is 19.3 Å². The molecule has 4 rings (SSSR count). The second kappa shape index (κ2) is 15.6. The van der Waals surface area contributed by atoms with Crippen molar-refractivity contribution >= 4 is 17.7 Å². The minimum atomic E-state index is -0.889. The van der Waals surface area contributed by atoms with E-state index in [1.54, 1.807) is 0 Å². The van der Waals surface area contributed by atoms with Crippen LogP contribution < -0.4 is 0 Å². The number of ketones is 1. The Kier molecular flexibility index (Phi) is 11.7. The fraction of sp³-hybridized carbons (Fsp3) is 0.485. The first-order valence-corrected chi connectivity index (χ1v) is 14.5. The number of allylic oxidation sites excluding steroid dienone is 2. The Morgan fingerprint density at radius 3 is 2.37 bits per heavy atom. The average Bonchev–Trinajstić information content (AvgIpc) is 3.29. The van der Waals surface area contributed by atoms with Crippen molar-refractivity contribution in [1.82, 2.24) is 4.90 Å². The largest absolute Gasteiger partial charge is 0.426 e. The topological polar surface area (TPSA) is 91.4 Å². The minimum Gasteiger partial charge on any atom is -0.426 e. The third kappa shape index (κ3) is 9.35. The summed E-state index contributed by atoms with van der Waals surface area (Å²) in [5, 5.41) is 0. The molecule has 8 nitrogen and oxygen atoms in total. The third-order valence-electron chi connectivity index (χ3n) is 7.56. The molecular formula is C33H41NO7. The van der Waals surface area contributed by atoms with Crippen LogP contribution in [0, 0.1) is 5.92 Å². The highest BCUT2D eigenvalue weighted by molar-refractivity contribution is 5.87. The molecule has 41 heavy (non-hydrogen) atoms. The Labute approximate surface area is 242 Å². The molecule has 0 spiro atoms. The number of carbonyl (C=O) groups excluding carboxylic acids is 3. The summed E-state index contributed by atoms with van der Waals surface area (Å²) in [5.41, 5.74) is 3.42. The van der Waals surface area contributed by atoms with E-state index < -0.39 is 18.2 Å². The van der Waals surface area contributed by atoms with Crippen LogP contribution in [0.3, 0.4) is 0 Å². The van der Waals surface area contributed by atoms with Gasteiger partial charge in [0.05, 0.1) is 32.0 Å². The fourth-order valence-corrected chi connectivity index (χ4v) is 5.62. The van der Waals surface area contributed by atoms with Crippen LogP contribution in [0.15, 0.2) is 66.7 Å². The lowest BCUT2D eigenvalue weighted by Gasteiger charge is -2.35. The van der Waals surface area contributed by atoms with Gasteiger partial charge in [0, 0.05) is 45.7 Å². The number of rotatable bonds is 13. The number of nitrogens with zero attached hydrogens (tertiary/aromatic N) is 1. The first-order chi connectivity index (χ1) is 19.9. The highest BCUT2D eigenvalue weighted by atomic mass is 16.7. The highest BCUT2D eigenvalue weighted by Crippen LogP contribution is 2.35. The quantitative estimate of drug-likeness (QED) is 0.189. The van der Waals surface area contributed by atoms with Gasteiger partial charge in [0.1, 0.15) is 0 Å². The van der Waals surface area contributed by atoms with Gasteiger partial charge in [-0.1, -0.05) is 66.7 Å². The Morgan fingerprint density at radius 2 is 1.66 bits per heavy atom. The van der Waals surface area contributed by atoms with E-state index in [4.69, 9.17) is 18.9 Å². The van der Waals surface area contributed by atoms with Gasteiger partial charge in [-0.25, -0.2) is 0 Å². The smallest absolute Gasteiger partial charge is 0.309 e. The zero-order valence-corrected chi connectivity index (χ0v) is 24.0. The van der Waals surface area contributed by atoms with E-state index in [-0.39, 0.29) is 30.3 Å². The Balaban J connectivity index is 1.30. The summed E-state index contributed by atoms with van der Waals surface area (Å²) in [6, 6.07) is 18.5. The van der Waals surface area contributed by atoms with Gasteiger partial charge in [-0.2, -0.15) is 0 Å². The molecule has 0 bridgehead atoms. The predicted octanol–water partition coefficient (Wildman–Crippen LogP) is 5.10. The molecule has 0 amide bonds. The van der Waals surface area contributed by atoms with Crippen LogP contribution in [0.25, 0.3) is 11.1 Å². The standard InChI is InChI=1S/C33H41NO7/c1-24(35)40-25(2)41-32(37)13-9-4-3-8-12-29-31(22-30(36)33(29)34-18-20-38-21-19-34)39-23-26-14-16-28(17-15-26)27-10-6-5-7-11-27/h3-7,10-11,14-17,25,29,31,33H,8-9,12-13,18-23H2,1-2H3/t25?,29-,31-,33+/m0/s1. The number of benzene rings is 2. The van der Waals surface area contributed by atoms with E-state index >= 15 is 0 Å². The van der Waals surface area contributed by atoms with Gasteiger partial charge < -0.3 is 18.9 Å². The predicted molar refractivity (Wildman–Crippen MR) is 155 cm³/mol. The summed E-state index contributed by atoms with van der Waals surface area (Å²) in [6.45, 7) is 6.04. The third-order valence-corrected chi connectivity index (χ3v) is 7.56. The first-order valence-electron chi connectivity index (χ1n) is 14.5. The number of carbonyl (C=O) groups is 3. The van der Waals surface area contributed by atoms with E-state index in [2.05, 4.69) is 47.4 Å². The molecule has 0 N–H and O–H groups in total. The van der Waals surface area contributed by atoms with E-state index in [9.17, 15) is 14.4 Å². The van der Waals surface area contributed by atoms with Gasteiger partial charge in [-0.15, -0.1) is 0 Å². The van der Waals surface area contributed by atoms with Crippen LogP contribution in [0.2, 0.25) is 0 Å². The highest BCUT2D eigenvalue weighted by Gasteiger charge is 2.45. The number of esters is 2. The molecule has 1 aliphatic heterocycles. The molecule has 2 aromatic rings. The van der Waals surface area contributed by atoms with E-state index in [0.717, 1.165) is 37.1 Å². The maximum absolute atomic E-state index is 13.2. The van der Waals surface area contributed by atoms with Crippen LogP contribution >= 0.6 is 0 Å². The number of ether oxygens (including phenoxy) is 4. The van der Waals surface area contributed by atoms with Gasteiger partial charge in [0.2, 0.25) is 6.29 Å². The summed E-state index contributed by atoms with van der Waals surface area (Å²) in [5.74, 6) is -0.574. The molecule has 8 heteroatoms. The Bertz CT molecular complexity index is 1160. The van der Waals surface area contributed by atoms with Gasteiger partial charge >= 0.3 is 11.9 Å². The molecule has 1 aliphatic carbocycles. The van der Waals surface area contributed by atoms with Crippen molar-refractivity contribution in [1.29, 1.82) is 0 Å². The van der Waals surface area contributed by atoms with E-state index in [0.29, 0.717) is 32.7 Å². The van der Waals surface area contributed by atoms with Crippen molar-refractivity contribution in [3.63, 3.8) is 0 Å². The second-order valence-corrected chi connectivity index (χ2v) is 10.6. The Morgan fingerprint density at radius 1 is 0.976 bits per heavy atom. The summed E-state index contributed by atoms with van der Waals surface area (Å²) in [7, 11) is 0. The van der Waals surface area contributed by atoms with Crippen molar-refractivity contribution in [2.75, 3.05) is 26.3 Å². The summed E-state index contributed by atoms with van der Waals surface area (Å²) < 4.78 is 21.8. The van der Waals surface area contributed by atoms with Crippen molar-refractivity contribution in [2.24, 2.45) is 5.92 Å². The molecule has 1 heterocycles. The van der Waals surface area contributed by atoms with Gasteiger partial charge in [0.25, 0.3) is 0 Å². The van der Waals surface area contributed by atoms with Crippen molar-refractivity contribution in [2.45, 2.75) is 71.0 Å². The summed E-state index contributed by atoms with van der Waals surface area (Å²) in [6.07, 6.45) is 5.74. The number of morpholine rings is 1. The molecule has 0 radical (unpaired) electrons. The van der Waals surface area contributed by atoms with Crippen LogP contribution in [0.5, 0.6) is 0 Å². The maximum atomic E-state index is 13.2. The van der Waals surface area contributed by atoms with Crippen molar-refractivity contribution in [3.05, 3.63) is 72.3 Å². The second-order valence-electron chi connectivity index (χ2n) is 10.6. The lowest BCUT2D eigenvalue weighted by molar-refractivity contribution is -0.182. The lowest BCUT2D eigenvalue weighted by atomic mass is 9.93. The lowest BCUT2D eigenvalue weighted by Crippen LogP contribution is -2.49. The maximum Gasteiger partial charge on any atom is 0.309 e. The number of hydrogen-bond acceptors (Lipinski definition) is 8. The number of Topliss-reactive ketones (excluding diaryl/α,β-unsaturated/α-hetero) is 1. The van der Waals surface area contributed by atoms with Crippen molar-refractivity contribution < 1.29 is 33.3 Å². The van der Waals surface area contributed by atoms with Crippen LogP contribution in [0.4, 0.5) is 0 Å². The molecule has 220 valence electrons. The van der Waals surface area contributed by atoms with Crippen LogP contribution in [0.1, 0.15) is 51.5 Å². The SMILES string of the molecule is CC(=O)OC(C)OC(=O)CCC=CCC[C@H]1[C@@H](OCc2ccc(-c3ccccc3)cc2)CC(=O)[C@@H]1N1CCOCC1. The molecular weight excluding hydrogens is 522 g/mol. The number of hydrogen-bond donors (Lipinski definition) is 0. The molecule has 1 unspecified atom stereocenters. The molecule has 1 saturated heterocycles. The van der Waals surface area contributed by atoms with Gasteiger partial charge in [-0.05, 0) is 36.0 Å². The van der Waals surface area contributed by atoms with E-state index in [1.165, 1.54) is 19.4 Å². The molecule has 2 fully saturated rings. The molecule has 2 aliphatic rings. The normalized spacial score (nSPS) is 22.1. The fourth-order valence-electron chi connectivity index (χ4n) is 5.62.